The summed E-state index contributed by atoms with van der Waals surface area (Å²) in [6.45, 7) is 8.92. The van der Waals surface area contributed by atoms with E-state index in [2.05, 4.69) is 38.7 Å². The molecule has 7 heteroatoms. The highest BCUT2D eigenvalue weighted by atomic mass is 16.6. The second kappa shape index (κ2) is 10.5. The number of benzene rings is 1. The standard InChI is InChI=1S/C24H34BNO5/c1-6-9-29-23-11-18(7-8-22(23)28-5)19-10-20(15-26-14-19)21(16-27)13-25-30-17(2)12-24(3,4)31-25/h7-8,10-11,14-15,17,21,27H,6,9,12-13,16H2,1-5H3/t17-,21-/m1/s1. The first-order chi connectivity index (χ1) is 14.8. The van der Waals surface area contributed by atoms with Crippen molar-refractivity contribution >= 4 is 7.12 Å². The second-order valence-electron chi connectivity index (χ2n) is 8.79. The summed E-state index contributed by atoms with van der Waals surface area (Å²) < 4.78 is 23.4. The zero-order valence-electron chi connectivity index (χ0n) is 19.3. The maximum Gasteiger partial charge on any atom is 0.458 e. The van der Waals surface area contributed by atoms with Gasteiger partial charge in [0.1, 0.15) is 0 Å². The number of aromatic nitrogens is 1. The van der Waals surface area contributed by atoms with E-state index in [1.54, 1.807) is 13.3 Å². The van der Waals surface area contributed by atoms with Crippen molar-refractivity contribution in [2.75, 3.05) is 20.3 Å². The molecule has 1 aliphatic heterocycles. The Bertz CT molecular complexity index is 860. The summed E-state index contributed by atoms with van der Waals surface area (Å²) in [6.07, 6.45) is 6.09. The minimum Gasteiger partial charge on any atom is -0.493 e. The molecule has 1 saturated heterocycles. The quantitative estimate of drug-likeness (QED) is 0.585. The highest BCUT2D eigenvalue weighted by molar-refractivity contribution is 6.45. The predicted molar refractivity (Wildman–Crippen MR) is 123 cm³/mol. The third-order valence-corrected chi connectivity index (χ3v) is 5.50. The maximum atomic E-state index is 10.1. The fourth-order valence-electron chi connectivity index (χ4n) is 4.10. The van der Waals surface area contributed by atoms with Crippen LogP contribution in [-0.4, -0.2) is 49.2 Å². The van der Waals surface area contributed by atoms with Gasteiger partial charge in [-0.3, -0.25) is 4.98 Å². The van der Waals surface area contributed by atoms with Gasteiger partial charge in [-0.2, -0.15) is 0 Å². The van der Waals surface area contributed by atoms with Crippen molar-refractivity contribution in [3.8, 4) is 22.6 Å². The van der Waals surface area contributed by atoms with E-state index in [0.29, 0.717) is 24.4 Å². The van der Waals surface area contributed by atoms with Crippen molar-refractivity contribution in [2.45, 2.75) is 64.5 Å². The van der Waals surface area contributed by atoms with Crippen LogP contribution in [0.4, 0.5) is 0 Å². The van der Waals surface area contributed by atoms with E-state index in [1.165, 1.54) is 0 Å². The predicted octanol–water partition coefficient (Wildman–Crippen LogP) is 4.71. The molecule has 1 aliphatic rings. The van der Waals surface area contributed by atoms with Gasteiger partial charge in [0.05, 0.1) is 19.3 Å². The summed E-state index contributed by atoms with van der Waals surface area (Å²) in [5.74, 6) is 1.29. The van der Waals surface area contributed by atoms with Crippen LogP contribution in [0.25, 0.3) is 11.1 Å². The molecule has 0 radical (unpaired) electrons. The van der Waals surface area contributed by atoms with Gasteiger partial charge in [-0.05, 0) is 69.3 Å². The molecule has 1 aromatic heterocycles. The average molecular weight is 427 g/mol. The highest BCUT2D eigenvalue weighted by Gasteiger charge is 2.38. The summed E-state index contributed by atoms with van der Waals surface area (Å²) in [6, 6.07) is 7.94. The summed E-state index contributed by atoms with van der Waals surface area (Å²) in [4.78, 5) is 4.44. The van der Waals surface area contributed by atoms with Crippen molar-refractivity contribution in [3.05, 3.63) is 42.2 Å². The highest BCUT2D eigenvalue weighted by Crippen LogP contribution is 2.35. The Labute approximate surface area is 186 Å². The number of rotatable bonds is 9. The summed E-state index contributed by atoms with van der Waals surface area (Å²) in [5, 5.41) is 10.1. The number of hydrogen-bond donors (Lipinski definition) is 1. The lowest BCUT2D eigenvalue weighted by Gasteiger charge is -2.39. The topological polar surface area (TPSA) is 70.0 Å². The van der Waals surface area contributed by atoms with Crippen LogP contribution in [-0.2, 0) is 9.31 Å². The lowest BCUT2D eigenvalue weighted by atomic mass is 9.72. The zero-order valence-corrected chi connectivity index (χ0v) is 19.3. The average Bonchev–Trinajstić information content (AvgIpc) is 2.74. The maximum absolute atomic E-state index is 10.1. The van der Waals surface area contributed by atoms with Crippen LogP contribution < -0.4 is 9.47 Å². The van der Waals surface area contributed by atoms with Crippen LogP contribution in [0.5, 0.6) is 11.5 Å². The molecule has 1 aromatic carbocycles. The number of aliphatic hydroxyl groups is 1. The molecule has 2 aromatic rings. The number of ether oxygens (including phenoxy) is 2. The van der Waals surface area contributed by atoms with Gasteiger partial charge in [0.2, 0.25) is 0 Å². The first kappa shape index (κ1) is 23.6. The van der Waals surface area contributed by atoms with Crippen LogP contribution >= 0.6 is 0 Å². The van der Waals surface area contributed by atoms with E-state index < -0.39 is 0 Å². The van der Waals surface area contributed by atoms with Gasteiger partial charge in [-0.15, -0.1) is 0 Å². The van der Waals surface area contributed by atoms with Gasteiger partial charge in [0.25, 0.3) is 0 Å². The van der Waals surface area contributed by atoms with E-state index >= 15 is 0 Å². The van der Waals surface area contributed by atoms with Gasteiger partial charge in [-0.1, -0.05) is 13.0 Å². The molecule has 6 nitrogen and oxygen atoms in total. The number of nitrogens with zero attached hydrogens (tertiary/aromatic N) is 1. The molecule has 0 amide bonds. The minimum atomic E-state index is -0.352. The van der Waals surface area contributed by atoms with Crippen molar-refractivity contribution in [1.29, 1.82) is 0 Å². The summed E-state index contributed by atoms with van der Waals surface area (Å²) >= 11 is 0. The minimum absolute atomic E-state index is 0.00334. The van der Waals surface area contributed by atoms with Crippen LogP contribution in [0.1, 0.15) is 52.0 Å². The van der Waals surface area contributed by atoms with Crippen LogP contribution in [0, 0.1) is 0 Å². The van der Waals surface area contributed by atoms with Crippen LogP contribution in [0.3, 0.4) is 0 Å². The monoisotopic (exact) mass is 427 g/mol. The summed E-state index contributed by atoms with van der Waals surface area (Å²) in [5.41, 5.74) is 2.66. The van der Waals surface area contributed by atoms with E-state index in [1.807, 2.05) is 24.4 Å². The van der Waals surface area contributed by atoms with E-state index in [9.17, 15) is 5.11 Å². The lowest BCUT2D eigenvalue weighted by Crippen LogP contribution is -2.46. The Balaban J connectivity index is 1.81. The molecule has 31 heavy (non-hydrogen) atoms. The van der Waals surface area contributed by atoms with Crippen molar-refractivity contribution in [2.24, 2.45) is 0 Å². The zero-order chi connectivity index (χ0) is 22.4. The van der Waals surface area contributed by atoms with Gasteiger partial charge >= 0.3 is 7.12 Å². The molecule has 0 spiro atoms. The van der Waals surface area contributed by atoms with Gasteiger partial charge in [0.15, 0.2) is 11.5 Å². The summed E-state index contributed by atoms with van der Waals surface area (Å²) in [7, 11) is 1.29. The second-order valence-corrected chi connectivity index (χ2v) is 8.79. The number of hydrogen-bond acceptors (Lipinski definition) is 6. The molecule has 1 fully saturated rings. The Hall–Kier alpha value is -2.09. The molecule has 0 bridgehead atoms. The molecular weight excluding hydrogens is 393 g/mol. The number of pyridine rings is 1. The lowest BCUT2D eigenvalue weighted by molar-refractivity contribution is -0.0297. The van der Waals surface area contributed by atoms with E-state index in [0.717, 1.165) is 29.5 Å². The normalized spacial score (nSPS) is 19.2. The fraction of sp³-hybridized carbons (Fsp3) is 0.542. The number of methoxy groups -OCH3 is 1. The van der Waals surface area contributed by atoms with E-state index in [4.69, 9.17) is 18.8 Å². The molecule has 2 heterocycles. The first-order valence-corrected chi connectivity index (χ1v) is 11.1. The smallest absolute Gasteiger partial charge is 0.458 e. The van der Waals surface area contributed by atoms with E-state index in [-0.39, 0.29) is 31.3 Å². The van der Waals surface area contributed by atoms with Crippen molar-refractivity contribution in [1.82, 2.24) is 4.98 Å². The molecule has 3 rings (SSSR count). The molecule has 0 saturated carbocycles. The van der Waals surface area contributed by atoms with Crippen molar-refractivity contribution in [3.63, 3.8) is 0 Å². The van der Waals surface area contributed by atoms with Crippen LogP contribution in [0.15, 0.2) is 36.7 Å². The first-order valence-electron chi connectivity index (χ1n) is 11.1. The van der Waals surface area contributed by atoms with Crippen molar-refractivity contribution < 1.29 is 23.9 Å². The Kier molecular flexibility index (Phi) is 7.97. The molecule has 0 aliphatic carbocycles. The Morgan fingerprint density at radius 1 is 1.23 bits per heavy atom. The molecular formula is C24H34BNO5. The third kappa shape index (κ3) is 6.22. The van der Waals surface area contributed by atoms with Gasteiger partial charge in [0, 0.05) is 36.6 Å². The largest absolute Gasteiger partial charge is 0.493 e. The molecule has 2 atom stereocenters. The Morgan fingerprint density at radius 3 is 2.71 bits per heavy atom. The van der Waals surface area contributed by atoms with Gasteiger partial charge in [-0.25, -0.2) is 0 Å². The number of aliphatic hydroxyl groups excluding tert-OH is 1. The molecule has 168 valence electrons. The molecule has 0 unspecified atom stereocenters. The molecule has 1 N–H and O–H groups in total. The SMILES string of the molecule is CCCOc1cc(-c2cncc([C@@H](CO)CB3O[C@H](C)CC(C)(C)O3)c2)ccc1OC. The van der Waals surface area contributed by atoms with Crippen LogP contribution in [0.2, 0.25) is 6.32 Å². The van der Waals surface area contributed by atoms with Gasteiger partial charge < -0.3 is 23.9 Å². The third-order valence-electron chi connectivity index (χ3n) is 5.50. The Morgan fingerprint density at radius 2 is 2.03 bits per heavy atom. The fourth-order valence-corrected chi connectivity index (χ4v) is 4.10.